The van der Waals surface area contributed by atoms with E-state index in [1.165, 1.54) is 0 Å². The molecule has 0 saturated carbocycles. The van der Waals surface area contributed by atoms with E-state index in [1.807, 2.05) is 43.3 Å². The molecule has 0 aliphatic carbocycles. The summed E-state index contributed by atoms with van der Waals surface area (Å²) in [6.45, 7) is 4.18. The molecule has 1 heterocycles. The van der Waals surface area contributed by atoms with E-state index in [1.54, 1.807) is 19.1 Å². The van der Waals surface area contributed by atoms with E-state index >= 15 is 0 Å². The van der Waals surface area contributed by atoms with Gasteiger partial charge >= 0.3 is 0 Å². The molecule has 2 aromatic rings. The number of hydrogen-bond donors (Lipinski definition) is 2. The first-order valence-electron chi connectivity index (χ1n) is 8.44. The number of fused-ring (bicyclic) bond motifs is 1. The molecule has 0 spiro atoms. The number of nitrogens with one attached hydrogen (secondary N) is 2. The SMILES string of the molecule is Cc1cccc(C(=O)N[C@@H](C)C(=O)N[C@@H]2CCOc3ccccc32)c1. The van der Waals surface area contributed by atoms with E-state index in [9.17, 15) is 9.59 Å². The highest BCUT2D eigenvalue weighted by Crippen LogP contribution is 2.31. The van der Waals surface area contributed by atoms with Crippen molar-refractivity contribution in [3.8, 4) is 5.75 Å². The average Bonchev–Trinajstić information content (AvgIpc) is 2.62. The molecule has 3 rings (SSSR count). The largest absolute Gasteiger partial charge is 0.493 e. The molecule has 130 valence electrons. The fraction of sp³-hybridized carbons (Fsp3) is 0.300. The molecule has 5 heteroatoms. The maximum absolute atomic E-state index is 12.5. The molecule has 2 aromatic carbocycles. The number of para-hydroxylation sites is 1. The maximum Gasteiger partial charge on any atom is 0.251 e. The van der Waals surface area contributed by atoms with Gasteiger partial charge in [0.1, 0.15) is 11.8 Å². The summed E-state index contributed by atoms with van der Waals surface area (Å²) in [5.74, 6) is 0.344. The van der Waals surface area contributed by atoms with Crippen molar-refractivity contribution in [1.29, 1.82) is 0 Å². The van der Waals surface area contributed by atoms with Crippen molar-refractivity contribution < 1.29 is 14.3 Å². The first kappa shape index (κ1) is 17.0. The van der Waals surface area contributed by atoms with Gasteiger partial charge in [-0.3, -0.25) is 9.59 Å². The Hall–Kier alpha value is -2.82. The van der Waals surface area contributed by atoms with Gasteiger partial charge in [0, 0.05) is 17.5 Å². The van der Waals surface area contributed by atoms with Gasteiger partial charge in [0.05, 0.1) is 12.6 Å². The van der Waals surface area contributed by atoms with Crippen LogP contribution in [0.1, 0.15) is 40.9 Å². The van der Waals surface area contributed by atoms with Crippen molar-refractivity contribution in [2.75, 3.05) is 6.61 Å². The molecule has 0 bridgehead atoms. The number of carbonyl (C=O) groups is 2. The zero-order valence-electron chi connectivity index (χ0n) is 14.4. The minimum atomic E-state index is -0.622. The van der Waals surface area contributed by atoms with Gasteiger partial charge in [-0.25, -0.2) is 0 Å². The molecule has 0 radical (unpaired) electrons. The van der Waals surface area contributed by atoms with Crippen molar-refractivity contribution in [2.24, 2.45) is 0 Å². The van der Waals surface area contributed by atoms with Crippen LogP contribution in [-0.4, -0.2) is 24.5 Å². The quantitative estimate of drug-likeness (QED) is 0.901. The van der Waals surface area contributed by atoms with Crippen LogP contribution in [0, 0.1) is 6.92 Å². The second-order valence-electron chi connectivity index (χ2n) is 6.30. The van der Waals surface area contributed by atoms with Crippen molar-refractivity contribution in [3.63, 3.8) is 0 Å². The van der Waals surface area contributed by atoms with Gasteiger partial charge in [-0.05, 0) is 32.0 Å². The molecule has 1 aliphatic rings. The smallest absolute Gasteiger partial charge is 0.251 e. The van der Waals surface area contributed by atoms with Crippen LogP contribution in [0.5, 0.6) is 5.75 Å². The standard InChI is InChI=1S/C20H22N2O3/c1-13-6-5-7-15(12-13)20(24)21-14(2)19(23)22-17-10-11-25-18-9-4-3-8-16(17)18/h3-9,12,14,17H,10-11H2,1-2H3,(H,21,24)(H,22,23)/t14-,17+/m0/s1. The summed E-state index contributed by atoms with van der Waals surface area (Å²) in [4.78, 5) is 24.8. The lowest BCUT2D eigenvalue weighted by molar-refractivity contribution is -0.123. The molecule has 0 saturated heterocycles. The topological polar surface area (TPSA) is 67.4 Å². The fourth-order valence-electron chi connectivity index (χ4n) is 2.92. The van der Waals surface area contributed by atoms with E-state index in [2.05, 4.69) is 10.6 Å². The Balaban J connectivity index is 1.63. The number of carbonyl (C=O) groups excluding carboxylic acids is 2. The zero-order valence-corrected chi connectivity index (χ0v) is 14.4. The first-order valence-corrected chi connectivity index (χ1v) is 8.44. The summed E-state index contributed by atoms with van der Waals surface area (Å²) in [7, 11) is 0. The number of rotatable bonds is 4. The minimum absolute atomic E-state index is 0.101. The molecule has 2 N–H and O–H groups in total. The van der Waals surface area contributed by atoms with Gasteiger partial charge in [-0.1, -0.05) is 35.9 Å². The number of benzene rings is 2. The van der Waals surface area contributed by atoms with Crippen LogP contribution in [0.25, 0.3) is 0 Å². The number of hydrogen-bond acceptors (Lipinski definition) is 3. The lowest BCUT2D eigenvalue weighted by atomic mass is 10.0. The van der Waals surface area contributed by atoms with E-state index in [0.29, 0.717) is 18.6 Å². The highest BCUT2D eigenvalue weighted by Gasteiger charge is 2.25. The summed E-state index contributed by atoms with van der Waals surface area (Å²) in [5, 5.41) is 5.76. The normalized spacial score (nSPS) is 17.0. The third-order valence-electron chi connectivity index (χ3n) is 4.30. The van der Waals surface area contributed by atoms with Gasteiger partial charge in [0.2, 0.25) is 5.91 Å². The van der Waals surface area contributed by atoms with E-state index in [0.717, 1.165) is 16.9 Å². The number of ether oxygens (including phenoxy) is 1. The molecular formula is C20H22N2O3. The van der Waals surface area contributed by atoms with Crippen LogP contribution in [-0.2, 0) is 4.79 Å². The summed E-state index contributed by atoms with van der Waals surface area (Å²) in [6, 6.07) is 14.3. The van der Waals surface area contributed by atoms with E-state index < -0.39 is 6.04 Å². The van der Waals surface area contributed by atoms with E-state index in [-0.39, 0.29) is 17.9 Å². The van der Waals surface area contributed by atoms with Gasteiger partial charge in [-0.2, -0.15) is 0 Å². The molecule has 0 aromatic heterocycles. The summed E-state index contributed by atoms with van der Waals surface area (Å²) in [6.07, 6.45) is 0.710. The van der Waals surface area contributed by atoms with Gasteiger partial charge in [0.15, 0.2) is 0 Å². The van der Waals surface area contributed by atoms with Crippen LogP contribution in [0.15, 0.2) is 48.5 Å². The summed E-state index contributed by atoms with van der Waals surface area (Å²) < 4.78 is 5.61. The molecule has 0 fully saturated rings. The lowest BCUT2D eigenvalue weighted by Gasteiger charge is -2.27. The molecule has 2 atom stereocenters. The summed E-state index contributed by atoms with van der Waals surface area (Å²) >= 11 is 0. The van der Waals surface area contributed by atoms with E-state index in [4.69, 9.17) is 4.74 Å². The van der Waals surface area contributed by atoms with Crippen molar-refractivity contribution in [2.45, 2.75) is 32.4 Å². The Labute approximate surface area is 147 Å². The van der Waals surface area contributed by atoms with Crippen LogP contribution in [0.2, 0.25) is 0 Å². The van der Waals surface area contributed by atoms with Crippen LogP contribution in [0.3, 0.4) is 0 Å². The van der Waals surface area contributed by atoms with Crippen LogP contribution >= 0.6 is 0 Å². The Morgan fingerprint density at radius 2 is 1.96 bits per heavy atom. The molecule has 2 amide bonds. The Morgan fingerprint density at radius 1 is 1.16 bits per heavy atom. The predicted molar refractivity (Wildman–Crippen MR) is 95.5 cm³/mol. The average molecular weight is 338 g/mol. The zero-order chi connectivity index (χ0) is 17.8. The van der Waals surface area contributed by atoms with Crippen molar-refractivity contribution in [3.05, 3.63) is 65.2 Å². The van der Waals surface area contributed by atoms with Crippen molar-refractivity contribution in [1.82, 2.24) is 10.6 Å². The Bertz CT molecular complexity index is 788. The molecule has 25 heavy (non-hydrogen) atoms. The van der Waals surface area contributed by atoms with Crippen LogP contribution < -0.4 is 15.4 Å². The third-order valence-corrected chi connectivity index (χ3v) is 4.30. The number of amides is 2. The monoisotopic (exact) mass is 338 g/mol. The third kappa shape index (κ3) is 3.99. The molecule has 0 unspecified atom stereocenters. The molecule has 5 nitrogen and oxygen atoms in total. The highest BCUT2D eigenvalue weighted by atomic mass is 16.5. The Kier molecular flexibility index (Phi) is 5.03. The predicted octanol–water partition coefficient (Wildman–Crippen LogP) is 2.75. The minimum Gasteiger partial charge on any atom is -0.493 e. The first-order chi connectivity index (χ1) is 12.0. The second kappa shape index (κ2) is 7.38. The maximum atomic E-state index is 12.5. The fourth-order valence-corrected chi connectivity index (χ4v) is 2.92. The van der Waals surface area contributed by atoms with Gasteiger partial charge in [0.25, 0.3) is 5.91 Å². The second-order valence-corrected chi connectivity index (χ2v) is 6.30. The van der Waals surface area contributed by atoms with Gasteiger partial charge in [-0.15, -0.1) is 0 Å². The molecular weight excluding hydrogens is 316 g/mol. The summed E-state index contributed by atoms with van der Waals surface area (Å²) in [5.41, 5.74) is 2.53. The highest BCUT2D eigenvalue weighted by molar-refractivity contribution is 5.97. The Morgan fingerprint density at radius 3 is 2.76 bits per heavy atom. The molecule has 1 aliphatic heterocycles. The van der Waals surface area contributed by atoms with Gasteiger partial charge < -0.3 is 15.4 Å². The van der Waals surface area contributed by atoms with Crippen LogP contribution in [0.4, 0.5) is 0 Å². The number of aryl methyl sites for hydroxylation is 1. The van der Waals surface area contributed by atoms with Crippen molar-refractivity contribution >= 4 is 11.8 Å². The lowest BCUT2D eigenvalue weighted by Crippen LogP contribution is -2.46.